The van der Waals surface area contributed by atoms with Crippen molar-refractivity contribution in [2.75, 3.05) is 19.5 Å². The van der Waals surface area contributed by atoms with Crippen LogP contribution in [-0.2, 0) is 21.2 Å². The molecule has 0 bridgehead atoms. The number of ether oxygens (including phenoxy) is 2. The number of methoxy groups -OCH3 is 2. The maximum atomic E-state index is 13.2. The summed E-state index contributed by atoms with van der Waals surface area (Å²) in [4.78, 5) is 25.6. The number of hydrogen-bond donors (Lipinski definition) is 1. The van der Waals surface area contributed by atoms with Crippen molar-refractivity contribution in [1.29, 1.82) is 0 Å². The quantitative estimate of drug-likeness (QED) is 0.586. The Kier molecular flexibility index (Phi) is 6.69. The minimum Gasteiger partial charge on any atom is -0.497 e. The van der Waals surface area contributed by atoms with Crippen LogP contribution in [0.5, 0.6) is 11.5 Å². The van der Waals surface area contributed by atoms with Gasteiger partial charge >= 0.3 is 0 Å². The molecule has 0 unspecified atom stereocenters. The third-order valence-electron chi connectivity index (χ3n) is 4.95. The molecule has 1 heterocycles. The van der Waals surface area contributed by atoms with E-state index in [4.69, 9.17) is 9.47 Å². The lowest BCUT2D eigenvalue weighted by molar-refractivity contribution is -0.116. The van der Waals surface area contributed by atoms with E-state index in [1.54, 1.807) is 56.3 Å². The van der Waals surface area contributed by atoms with Gasteiger partial charge in [-0.25, -0.2) is 8.42 Å². The second-order valence-electron chi connectivity index (χ2n) is 7.12. The largest absolute Gasteiger partial charge is 0.497 e. The van der Waals surface area contributed by atoms with Gasteiger partial charge in [-0.15, -0.1) is 0 Å². The second kappa shape index (κ2) is 9.27. The molecular formula is C23H24N2O6S. The molecule has 1 N–H and O–H groups in total. The van der Waals surface area contributed by atoms with Gasteiger partial charge in [-0.1, -0.05) is 18.2 Å². The number of nitrogens with zero attached hydrogens (tertiary/aromatic N) is 1. The molecular weight excluding hydrogens is 432 g/mol. The Bertz CT molecular complexity index is 1310. The maximum absolute atomic E-state index is 13.2. The molecule has 168 valence electrons. The molecule has 1 amide bonds. The summed E-state index contributed by atoms with van der Waals surface area (Å²) < 4.78 is 37.8. The van der Waals surface area contributed by atoms with Gasteiger partial charge < -0.3 is 19.4 Å². The van der Waals surface area contributed by atoms with E-state index in [0.717, 1.165) is 4.57 Å². The van der Waals surface area contributed by atoms with Gasteiger partial charge in [0.1, 0.15) is 22.9 Å². The van der Waals surface area contributed by atoms with Crippen LogP contribution in [0.15, 0.2) is 69.2 Å². The zero-order valence-electron chi connectivity index (χ0n) is 18.2. The van der Waals surface area contributed by atoms with Crippen molar-refractivity contribution >= 4 is 21.4 Å². The fraction of sp³-hybridized carbons (Fsp3) is 0.217. The van der Waals surface area contributed by atoms with Crippen molar-refractivity contribution in [1.82, 2.24) is 4.57 Å². The molecule has 0 radical (unpaired) electrons. The number of amides is 1. The maximum Gasteiger partial charge on any atom is 0.270 e. The fourth-order valence-electron chi connectivity index (χ4n) is 3.39. The van der Waals surface area contributed by atoms with E-state index in [9.17, 15) is 18.0 Å². The molecule has 2 aromatic carbocycles. The van der Waals surface area contributed by atoms with Crippen molar-refractivity contribution in [2.24, 2.45) is 0 Å². The van der Waals surface area contributed by atoms with Crippen LogP contribution in [0.3, 0.4) is 0 Å². The van der Waals surface area contributed by atoms with Crippen molar-refractivity contribution in [2.45, 2.75) is 30.2 Å². The molecule has 0 aliphatic heterocycles. The Morgan fingerprint density at radius 1 is 1.00 bits per heavy atom. The van der Waals surface area contributed by atoms with E-state index >= 15 is 0 Å². The molecule has 0 saturated heterocycles. The molecule has 32 heavy (non-hydrogen) atoms. The number of carbonyl (C=O) groups is 1. The Balaban J connectivity index is 1.99. The number of aromatic nitrogens is 1. The summed E-state index contributed by atoms with van der Waals surface area (Å²) in [7, 11) is -1.09. The first kappa shape index (κ1) is 23.1. The second-order valence-corrected chi connectivity index (χ2v) is 9.01. The lowest BCUT2D eigenvalue weighted by atomic mass is 10.2. The van der Waals surface area contributed by atoms with Crippen LogP contribution in [-0.4, -0.2) is 33.1 Å². The molecule has 3 rings (SSSR count). The average molecular weight is 457 g/mol. The molecule has 0 aliphatic rings. The number of benzene rings is 2. The zero-order chi connectivity index (χ0) is 23.5. The first-order valence-electron chi connectivity index (χ1n) is 9.72. The third-order valence-corrected chi connectivity index (χ3v) is 6.88. The number of aryl methyl sites for hydroxylation is 2. The molecule has 0 aliphatic carbocycles. The topological polar surface area (TPSA) is 104 Å². The summed E-state index contributed by atoms with van der Waals surface area (Å²) in [5.74, 6) is 0.411. The SMILES string of the molecule is COc1ccc(OC)c(NC(=O)Cn2c(C)cc(C)c(S(=O)(=O)c3ccccc3)c2=O)c1. The van der Waals surface area contributed by atoms with Crippen molar-refractivity contribution < 1.29 is 22.7 Å². The number of anilines is 1. The minimum absolute atomic E-state index is 0.0150. The molecule has 0 saturated carbocycles. The lowest BCUT2D eigenvalue weighted by Crippen LogP contribution is -2.33. The number of carbonyl (C=O) groups excluding carboxylic acids is 1. The van der Waals surface area contributed by atoms with Crippen LogP contribution in [0, 0.1) is 13.8 Å². The lowest BCUT2D eigenvalue weighted by Gasteiger charge is -2.16. The third kappa shape index (κ3) is 4.52. The van der Waals surface area contributed by atoms with E-state index in [1.807, 2.05) is 0 Å². The van der Waals surface area contributed by atoms with Crippen LogP contribution < -0.4 is 20.3 Å². The number of rotatable bonds is 7. The van der Waals surface area contributed by atoms with Crippen LogP contribution >= 0.6 is 0 Å². The average Bonchev–Trinajstić information content (AvgIpc) is 2.76. The van der Waals surface area contributed by atoms with Gasteiger partial charge in [-0.05, 0) is 49.7 Å². The molecule has 8 nitrogen and oxygen atoms in total. The van der Waals surface area contributed by atoms with Gasteiger partial charge in [-0.2, -0.15) is 0 Å². The van der Waals surface area contributed by atoms with Gasteiger partial charge in [0.05, 0.1) is 24.8 Å². The molecule has 9 heteroatoms. The monoisotopic (exact) mass is 456 g/mol. The van der Waals surface area contributed by atoms with E-state index in [0.29, 0.717) is 28.4 Å². The van der Waals surface area contributed by atoms with Crippen LogP contribution in [0.25, 0.3) is 0 Å². The molecule has 1 aromatic heterocycles. The number of pyridine rings is 1. The Labute approximate surface area is 186 Å². The zero-order valence-corrected chi connectivity index (χ0v) is 19.0. The van der Waals surface area contributed by atoms with E-state index in [-0.39, 0.29) is 16.3 Å². The summed E-state index contributed by atoms with van der Waals surface area (Å²) in [6, 6.07) is 14.2. The first-order valence-corrected chi connectivity index (χ1v) is 11.2. The summed E-state index contributed by atoms with van der Waals surface area (Å²) in [6.07, 6.45) is 0. The summed E-state index contributed by atoms with van der Waals surface area (Å²) in [5, 5.41) is 2.69. The van der Waals surface area contributed by atoms with Gasteiger partial charge in [0, 0.05) is 11.8 Å². The number of nitrogens with one attached hydrogen (secondary N) is 1. The summed E-state index contributed by atoms with van der Waals surface area (Å²) in [5.41, 5.74) is 0.403. The van der Waals surface area contributed by atoms with E-state index in [2.05, 4.69) is 5.32 Å². The highest BCUT2D eigenvalue weighted by molar-refractivity contribution is 7.91. The Morgan fingerprint density at radius 2 is 1.69 bits per heavy atom. The van der Waals surface area contributed by atoms with Crippen LogP contribution in [0.1, 0.15) is 11.3 Å². The predicted octanol–water partition coefficient (Wildman–Crippen LogP) is 2.95. The van der Waals surface area contributed by atoms with Gasteiger partial charge in [0.2, 0.25) is 15.7 Å². The van der Waals surface area contributed by atoms with Crippen molar-refractivity contribution in [3.05, 3.63) is 76.2 Å². The van der Waals surface area contributed by atoms with Gasteiger partial charge in [0.25, 0.3) is 5.56 Å². The fourth-order valence-corrected chi connectivity index (χ4v) is 4.97. The van der Waals surface area contributed by atoms with Crippen LogP contribution in [0.2, 0.25) is 0 Å². The van der Waals surface area contributed by atoms with E-state index in [1.165, 1.54) is 26.4 Å². The standard InChI is InChI=1S/C23H24N2O6S/c1-15-12-16(2)25(23(27)22(15)32(28,29)18-8-6-5-7-9-18)14-21(26)24-19-13-17(30-3)10-11-20(19)31-4/h5-13H,14H2,1-4H3,(H,24,26). The van der Waals surface area contributed by atoms with Gasteiger partial charge in [0.15, 0.2) is 0 Å². The van der Waals surface area contributed by atoms with Gasteiger partial charge in [-0.3, -0.25) is 9.59 Å². The van der Waals surface area contributed by atoms with Crippen molar-refractivity contribution in [3.63, 3.8) is 0 Å². The molecule has 3 aromatic rings. The number of sulfone groups is 1. The first-order chi connectivity index (χ1) is 15.2. The minimum atomic E-state index is -4.06. The highest BCUT2D eigenvalue weighted by atomic mass is 32.2. The Hall–Kier alpha value is -3.59. The highest BCUT2D eigenvalue weighted by Gasteiger charge is 2.26. The normalized spacial score (nSPS) is 11.1. The van der Waals surface area contributed by atoms with Crippen molar-refractivity contribution in [3.8, 4) is 11.5 Å². The molecule has 0 atom stereocenters. The van der Waals surface area contributed by atoms with E-state index < -0.39 is 21.3 Å². The summed E-state index contributed by atoms with van der Waals surface area (Å²) >= 11 is 0. The molecule has 0 spiro atoms. The van der Waals surface area contributed by atoms with Crippen LogP contribution in [0.4, 0.5) is 5.69 Å². The smallest absolute Gasteiger partial charge is 0.270 e. The predicted molar refractivity (Wildman–Crippen MR) is 120 cm³/mol. The molecule has 0 fully saturated rings. The highest BCUT2D eigenvalue weighted by Crippen LogP contribution is 2.29. The summed E-state index contributed by atoms with van der Waals surface area (Å²) in [6.45, 7) is 2.84. The number of hydrogen-bond acceptors (Lipinski definition) is 6. The Morgan fingerprint density at radius 3 is 2.31 bits per heavy atom.